The predicted octanol–water partition coefficient (Wildman–Crippen LogP) is 2.22. The van der Waals surface area contributed by atoms with Crippen LogP contribution in [0.5, 0.6) is 0 Å². The second-order valence-electron chi connectivity index (χ2n) is 5.22. The van der Waals surface area contributed by atoms with E-state index in [0.717, 1.165) is 18.9 Å². The minimum Gasteiger partial charge on any atom is -0.477 e. The molecule has 1 aromatic carbocycles. The van der Waals surface area contributed by atoms with Crippen molar-refractivity contribution in [3.8, 4) is 0 Å². The quantitative estimate of drug-likeness (QED) is 0.930. The van der Waals surface area contributed by atoms with E-state index in [1.807, 2.05) is 6.07 Å². The number of hydrogen-bond acceptors (Lipinski definition) is 3. The molecule has 1 N–H and O–H groups in total. The smallest absolute Gasteiger partial charge is 0.341 e. The average Bonchev–Trinajstić information content (AvgIpc) is 2.88. The van der Waals surface area contributed by atoms with Gasteiger partial charge in [0.2, 0.25) is 0 Å². The summed E-state index contributed by atoms with van der Waals surface area (Å²) in [4.78, 5) is 13.5. The second kappa shape index (κ2) is 4.67. The monoisotopic (exact) mass is 271 g/mol. The lowest BCUT2D eigenvalue weighted by molar-refractivity contribution is 0.0697. The van der Waals surface area contributed by atoms with E-state index in [1.54, 1.807) is 11.6 Å². The maximum absolute atomic E-state index is 11.4. The highest BCUT2D eigenvalue weighted by Gasteiger charge is 2.29. The molecular weight excluding hydrogens is 254 g/mol. The third kappa shape index (κ3) is 2.05. The normalized spacial score (nSPS) is 13.6. The molecule has 0 atom stereocenters. The number of nitrogens with zero attached hydrogens (tertiary/aromatic N) is 3. The molecule has 104 valence electrons. The molecule has 0 saturated carbocycles. The Bertz CT molecular complexity index is 676. The van der Waals surface area contributed by atoms with Crippen molar-refractivity contribution in [2.24, 2.45) is 0 Å². The fraction of sp³-hybridized carbons (Fsp3) is 0.333. The molecular formula is C15H17N3O2. The summed E-state index contributed by atoms with van der Waals surface area (Å²) in [5, 5.41) is 13.7. The van der Waals surface area contributed by atoms with Crippen LogP contribution in [0.2, 0.25) is 0 Å². The SMILES string of the molecule is Cc1cccc(CN2CCn3nc(C)c(C(=O)O)c32)c1. The molecule has 0 unspecified atom stereocenters. The van der Waals surface area contributed by atoms with Crippen molar-refractivity contribution in [1.29, 1.82) is 0 Å². The summed E-state index contributed by atoms with van der Waals surface area (Å²) in [6.45, 7) is 6.07. The van der Waals surface area contributed by atoms with Crippen LogP contribution in [0.4, 0.5) is 5.82 Å². The van der Waals surface area contributed by atoms with Gasteiger partial charge in [-0.05, 0) is 19.4 Å². The molecule has 0 fully saturated rings. The minimum atomic E-state index is -0.903. The molecule has 5 heteroatoms. The van der Waals surface area contributed by atoms with Gasteiger partial charge < -0.3 is 10.0 Å². The van der Waals surface area contributed by atoms with Crippen molar-refractivity contribution in [2.45, 2.75) is 26.9 Å². The molecule has 0 aliphatic carbocycles. The molecule has 1 aromatic heterocycles. The van der Waals surface area contributed by atoms with Gasteiger partial charge in [0.25, 0.3) is 0 Å². The van der Waals surface area contributed by atoms with Crippen LogP contribution in [0.3, 0.4) is 0 Å². The number of aryl methyl sites for hydroxylation is 2. The fourth-order valence-electron chi connectivity index (χ4n) is 2.80. The van der Waals surface area contributed by atoms with Gasteiger partial charge in [-0.25, -0.2) is 9.48 Å². The molecule has 1 aliphatic rings. The summed E-state index contributed by atoms with van der Waals surface area (Å²) >= 11 is 0. The first kappa shape index (κ1) is 12.7. The molecule has 0 radical (unpaired) electrons. The van der Waals surface area contributed by atoms with Crippen molar-refractivity contribution in [3.63, 3.8) is 0 Å². The lowest BCUT2D eigenvalue weighted by Gasteiger charge is -2.18. The van der Waals surface area contributed by atoms with Crippen LogP contribution in [0.1, 0.15) is 27.2 Å². The number of fused-ring (bicyclic) bond motifs is 1. The van der Waals surface area contributed by atoms with Gasteiger partial charge in [0.05, 0.1) is 12.2 Å². The lowest BCUT2D eigenvalue weighted by Crippen LogP contribution is -2.21. The maximum Gasteiger partial charge on any atom is 0.341 e. The van der Waals surface area contributed by atoms with Gasteiger partial charge in [-0.2, -0.15) is 5.10 Å². The van der Waals surface area contributed by atoms with Gasteiger partial charge in [-0.15, -0.1) is 0 Å². The molecule has 5 nitrogen and oxygen atoms in total. The van der Waals surface area contributed by atoms with E-state index in [-0.39, 0.29) is 0 Å². The summed E-state index contributed by atoms with van der Waals surface area (Å²) in [6, 6.07) is 8.29. The largest absolute Gasteiger partial charge is 0.477 e. The van der Waals surface area contributed by atoms with E-state index >= 15 is 0 Å². The van der Waals surface area contributed by atoms with Gasteiger partial charge in [0.1, 0.15) is 11.4 Å². The summed E-state index contributed by atoms with van der Waals surface area (Å²) in [5.41, 5.74) is 3.31. The van der Waals surface area contributed by atoms with Crippen LogP contribution >= 0.6 is 0 Å². The van der Waals surface area contributed by atoms with Crippen molar-refractivity contribution in [1.82, 2.24) is 9.78 Å². The summed E-state index contributed by atoms with van der Waals surface area (Å²) in [6.07, 6.45) is 0. The van der Waals surface area contributed by atoms with Crippen molar-refractivity contribution >= 4 is 11.8 Å². The number of hydrogen-bond donors (Lipinski definition) is 1. The van der Waals surface area contributed by atoms with Gasteiger partial charge in [-0.1, -0.05) is 29.8 Å². The fourth-order valence-corrected chi connectivity index (χ4v) is 2.80. The van der Waals surface area contributed by atoms with E-state index in [1.165, 1.54) is 11.1 Å². The molecule has 3 rings (SSSR count). The summed E-state index contributed by atoms with van der Waals surface area (Å²) in [5.74, 6) is -0.170. The Hall–Kier alpha value is -2.30. The minimum absolute atomic E-state index is 0.329. The highest BCUT2D eigenvalue weighted by atomic mass is 16.4. The lowest BCUT2D eigenvalue weighted by atomic mass is 10.1. The standard InChI is InChI=1S/C15H17N3O2/c1-10-4-3-5-12(8-10)9-17-6-7-18-14(17)13(15(19)20)11(2)16-18/h3-5,8H,6-7,9H2,1-2H3,(H,19,20). The van der Waals surface area contributed by atoms with Crippen LogP contribution in [-0.2, 0) is 13.1 Å². The molecule has 1 aliphatic heterocycles. The Morgan fingerprint density at radius 2 is 2.15 bits per heavy atom. The van der Waals surface area contributed by atoms with Crippen LogP contribution in [-0.4, -0.2) is 27.4 Å². The number of benzene rings is 1. The van der Waals surface area contributed by atoms with Crippen molar-refractivity contribution in [3.05, 3.63) is 46.6 Å². The van der Waals surface area contributed by atoms with Crippen LogP contribution < -0.4 is 4.90 Å². The third-order valence-corrected chi connectivity index (χ3v) is 3.65. The highest BCUT2D eigenvalue weighted by molar-refractivity contribution is 5.95. The van der Waals surface area contributed by atoms with Crippen LogP contribution in [0.15, 0.2) is 24.3 Å². The van der Waals surface area contributed by atoms with E-state index in [9.17, 15) is 9.90 Å². The Balaban J connectivity index is 1.94. The Morgan fingerprint density at radius 3 is 2.85 bits per heavy atom. The predicted molar refractivity (Wildman–Crippen MR) is 76.2 cm³/mol. The number of carboxylic acid groups (broad SMARTS) is 1. The Kier molecular flexibility index (Phi) is 2.97. The number of carboxylic acids is 1. The first-order chi connectivity index (χ1) is 9.56. The van der Waals surface area contributed by atoms with Crippen molar-refractivity contribution < 1.29 is 9.90 Å². The molecule has 20 heavy (non-hydrogen) atoms. The van der Waals surface area contributed by atoms with E-state index in [4.69, 9.17) is 0 Å². The van der Waals surface area contributed by atoms with Gasteiger partial charge >= 0.3 is 5.97 Å². The highest BCUT2D eigenvalue weighted by Crippen LogP contribution is 2.29. The topological polar surface area (TPSA) is 58.4 Å². The van der Waals surface area contributed by atoms with E-state index in [0.29, 0.717) is 17.8 Å². The number of rotatable bonds is 3. The Labute approximate surface area is 117 Å². The molecule has 0 bridgehead atoms. The molecule has 0 spiro atoms. The number of anilines is 1. The molecule has 0 saturated heterocycles. The Morgan fingerprint density at radius 1 is 1.35 bits per heavy atom. The van der Waals surface area contributed by atoms with Crippen LogP contribution in [0.25, 0.3) is 0 Å². The number of aromatic carboxylic acids is 1. The van der Waals surface area contributed by atoms with Gasteiger partial charge in [0.15, 0.2) is 0 Å². The third-order valence-electron chi connectivity index (χ3n) is 3.65. The van der Waals surface area contributed by atoms with Crippen LogP contribution in [0, 0.1) is 13.8 Å². The first-order valence-electron chi connectivity index (χ1n) is 6.67. The first-order valence-corrected chi connectivity index (χ1v) is 6.67. The molecule has 2 heterocycles. The van der Waals surface area contributed by atoms with Gasteiger partial charge in [0, 0.05) is 13.1 Å². The maximum atomic E-state index is 11.4. The summed E-state index contributed by atoms with van der Waals surface area (Å²) in [7, 11) is 0. The second-order valence-corrected chi connectivity index (χ2v) is 5.22. The molecule has 0 amide bonds. The van der Waals surface area contributed by atoms with E-state index in [2.05, 4.69) is 35.1 Å². The zero-order valence-corrected chi connectivity index (χ0v) is 11.6. The zero-order valence-electron chi connectivity index (χ0n) is 11.6. The van der Waals surface area contributed by atoms with Gasteiger partial charge in [-0.3, -0.25) is 0 Å². The summed E-state index contributed by atoms with van der Waals surface area (Å²) < 4.78 is 1.80. The average molecular weight is 271 g/mol. The van der Waals surface area contributed by atoms with Crippen molar-refractivity contribution in [2.75, 3.05) is 11.4 Å². The molecule has 2 aromatic rings. The van der Waals surface area contributed by atoms with E-state index < -0.39 is 5.97 Å². The zero-order chi connectivity index (χ0) is 14.3. The number of carbonyl (C=O) groups is 1. The number of aromatic nitrogens is 2.